The van der Waals surface area contributed by atoms with E-state index in [1.165, 1.54) is 12.1 Å². The van der Waals surface area contributed by atoms with Gasteiger partial charge >= 0.3 is 0 Å². The first-order chi connectivity index (χ1) is 11.8. The molecule has 1 fully saturated rings. The van der Waals surface area contributed by atoms with Crippen LogP contribution in [0, 0.1) is 11.2 Å². The van der Waals surface area contributed by atoms with Gasteiger partial charge in [0.05, 0.1) is 5.69 Å². The maximum Gasteiger partial charge on any atom is 0.228 e. The summed E-state index contributed by atoms with van der Waals surface area (Å²) in [6.07, 6.45) is 1.62. The fraction of sp³-hybridized carbons (Fsp3) is 0.474. The van der Waals surface area contributed by atoms with Crippen molar-refractivity contribution in [2.24, 2.45) is 5.41 Å². The monoisotopic (exact) mass is 345 g/mol. The Morgan fingerprint density at radius 2 is 1.96 bits per heavy atom. The Balaban J connectivity index is 1.57. The standard InChI is InChI=1S/C19H24FN3O2/c1-19(2,3)18(24)23-9-7-22(8-10-23)12-16-13-25-17(21-16)14-5-4-6-15(20)11-14/h4-6,11,13H,7-10,12H2,1-3H3. The second-order valence-corrected chi connectivity index (χ2v) is 7.47. The molecule has 2 aromatic rings. The fourth-order valence-electron chi connectivity index (χ4n) is 2.95. The molecular formula is C19H24FN3O2. The van der Waals surface area contributed by atoms with Gasteiger partial charge in [-0.3, -0.25) is 9.69 Å². The quantitative estimate of drug-likeness (QED) is 0.857. The molecule has 2 heterocycles. The molecule has 0 saturated carbocycles. The summed E-state index contributed by atoms with van der Waals surface area (Å²) >= 11 is 0. The van der Waals surface area contributed by atoms with E-state index in [1.807, 2.05) is 25.7 Å². The molecule has 0 radical (unpaired) electrons. The number of benzene rings is 1. The van der Waals surface area contributed by atoms with Crippen LogP contribution in [0.5, 0.6) is 0 Å². The number of rotatable bonds is 3. The van der Waals surface area contributed by atoms with Crippen LogP contribution in [0.25, 0.3) is 11.5 Å². The number of piperazine rings is 1. The minimum atomic E-state index is -0.339. The van der Waals surface area contributed by atoms with E-state index in [-0.39, 0.29) is 17.1 Å². The highest BCUT2D eigenvalue weighted by atomic mass is 19.1. The lowest BCUT2D eigenvalue weighted by molar-refractivity contribution is -0.141. The predicted molar refractivity (Wildman–Crippen MR) is 93.2 cm³/mol. The van der Waals surface area contributed by atoms with Crippen molar-refractivity contribution in [3.63, 3.8) is 0 Å². The normalized spacial score (nSPS) is 16.2. The van der Waals surface area contributed by atoms with Gasteiger partial charge in [-0.1, -0.05) is 26.8 Å². The van der Waals surface area contributed by atoms with Gasteiger partial charge in [0.25, 0.3) is 0 Å². The molecule has 25 heavy (non-hydrogen) atoms. The maximum absolute atomic E-state index is 13.3. The van der Waals surface area contributed by atoms with E-state index in [9.17, 15) is 9.18 Å². The minimum absolute atomic E-state index is 0.196. The lowest BCUT2D eigenvalue weighted by Crippen LogP contribution is -2.51. The van der Waals surface area contributed by atoms with Gasteiger partial charge in [-0.2, -0.15) is 0 Å². The van der Waals surface area contributed by atoms with E-state index in [2.05, 4.69) is 9.88 Å². The highest BCUT2D eigenvalue weighted by Crippen LogP contribution is 2.21. The number of carbonyl (C=O) groups excluding carboxylic acids is 1. The molecule has 1 aromatic heterocycles. The molecule has 1 aliphatic rings. The number of oxazole rings is 1. The summed E-state index contributed by atoms with van der Waals surface area (Å²) in [5, 5.41) is 0. The van der Waals surface area contributed by atoms with E-state index < -0.39 is 0 Å². The Morgan fingerprint density at radius 3 is 2.60 bits per heavy atom. The SMILES string of the molecule is CC(C)(C)C(=O)N1CCN(Cc2coc(-c3cccc(F)c3)n2)CC1. The third kappa shape index (κ3) is 4.25. The van der Waals surface area contributed by atoms with Crippen LogP contribution >= 0.6 is 0 Å². The molecule has 5 nitrogen and oxygen atoms in total. The molecule has 0 atom stereocenters. The van der Waals surface area contributed by atoms with E-state index in [0.29, 0.717) is 18.0 Å². The number of hydrogen-bond donors (Lipinski definition) is 0. The summed E-state index contributed by atoms with van der Waals surface area (Å²) < 4.78 is 18.8. The predicted octanol–water partition coefficient (Wildman–Crippen LogP) is 3.17. The number of halogens is 1. The third-order valence-corrected chi connectivity index (χ3v) is 4.31. The molecule has 1 aliphatic heterocycles. The molecule has 1 aromatic carbocycles. The van der Waals surface area contributed by atoms with Gasteiger partial charge < -0.3 is 9.32 Å². The summed E-state index contributed by atoms with van der Waals surface area (Å²) in [7, 11) is 0. The first-order valence-electron chi connectivity index (χ1n) is 8.55. The summed E-state index contributed by atoms with van der Waals surface area (Å²) in [4.78, 5) is 21.0. The van der Waals surface area contributed by atoms with Crippen molar-refractivity contribution in [3.05, 3.63) is 42.0 Å². The third-order valence-electron chi connectivity index (χ3n) is 4.31. The van der Waals surface area contributed by atoms with Gasteiger partial charge in [-0.25, -0.2) is 9.37 Å². The highest BCUT2D eigenvalue weighted by molar-refractivity contribution is 5.81. The molecule has 134 valence electrons. The zero-order valence-corrected chi connectivity index (χ0v) is 15.0. The smallest absolute Gasteiger partial charge is 0.228 e. The second kappa shape index (κ2) is 6.96. The van der Waals surface area contributed by atoms with Crippen LogP contribution < -0.4 is 0 Å². The van der Waals surface area contributed by atoms with Crippen LogP contribution in [0.4, 0.5) is 4.39 Å². The summed E-state index contributed by atoms with van der Waals surface area (Å²) in [5.41, 5.74) is 1.11. The van der Waals surface area contributed by atoms with Crippen molar-refractivity contribution < 1.29 is 13.6 Å². The van der Waals surface area contributed by atoms with Crippen molar-refractivity contribution in [2.75, 3.05) is 26.2 Å². The molecule has 1 amide bonds. The van der Waals surface area contributed by atoms with E-state index in [0.717, 1.165) is 31.9 Å². The average molecular weight is 345 g/mol. The van der Waals surface area contributed by atoms with Crippen molar-refractivity contribution >= 4 is 5.91 Å². The molecule has 0 bridgehead atoms. The van der Waals surface area contributed by atoms with Crippen molar-refractivity contribution in [2.45, 2.75) is 27.3 Å². The van der Waals surface area contributed by atoms with Crippen LogP contribution in [0.1, 0.15) is 26.5 Å². The zero-order valence-electron chi connectivity index (χ0n) is 15.0. The largest absolute Gasteiger partial charge is 0.444 e. The Kier molecular flexibility index (Phi) is 4.90. The molecule has 0 unspecified atom stereocenters. The maximum atomic E-state index is 13.3. The van der Waals surface area contributed by atoms with Crippen molar-refractivity contribution in [1.82, 2.24) is 14.8 Å². The molecule has 0 spiro atoms. The van der Waals surface area contributed by atoms with Crippen molar-refractivity contribution in [1.29, 1.82) is 0 Å². The van der Waals surface area contributed by atoms with Gasteiger partial charge in [0.1, 0.15) is 12.1 Å². The van der Waals surface area contributed by atoms with E-state index in [1.54, 1.807) is 18.4 Å². The van der Waals surface area contributed by atoms with Gasteiger partial charge in [-0.15, -0.1) is 0 Å². The van der Waals surface area contributed by atoms with Crippen LogP contribution in [-0.2, 0) is 11.3 Å². The molecule has 0 aliphatic carbocycles. The number of amides is 1. The topological polar surface area (TPSA) is 49.6 Å². The van der Waals surface area contributed by atoms with Crippen LogP contribution in [0.3, 0.4) is 0 Å². The summed E-state index contributed by atoms with van der Waals surface area (Å²) in [6, 6.07) is 6.22. The van der Waals surface area contributed by atoms with E-state index in [4.69, 9.17) is 4.42 Å². The van der Waals surface area contributed by atoms with Gasteiger partial charge in [0.15, 0.2) is 0 Å². The van der Waals surface area contributed by atoms with Gasteiger partial charge in [0.2, 0.25) is 11.8 Å². The highest BCUT2D eigenvalue weighted by Gasteiger charge is 2.29. The van der Waals surface area contributed by atoms with Crippen molar-refractivity contribution in [3.8, 4) is 11.5 Å². The number of aromatic nitrogens is 1. The Bertz CT molecular complexity index is 743. The zero-order chi connectivity index (χ0) is 18.0. The molecular weight excluding hydrogens is 321 g/mol. The first-order valence-corrected chi connectivity index (χ1v) is 8.55. The minimum Gasteiger partial charge on any atom is -0.444 e. The Hall–Kier alpha value is -2.21. The Morgan fingerprint density at radius 1 is 1.24 bits per heavy atom. The lowest BCUT2D eigenvalue weighted by Gasteiger charge is -2.37. The van der Waals surface area contributed by atoms with Gasteiger partial charge in [0, 0.05) is 43.7 Å². The average Bonchev–Trinajstić information content (AvgIpc) is 3.03. The molecule has 3 rings (SSSR count). The fourth-order valence-corrected chi connectivity index (χ4v) is 2.95. The van der Waals surface area contributed by atoms with Crippen LogP contribution in [0.15, 0.2) is 34.9 Å². The molecule has 6 heteroatoms. The molecule has 1 saturated heterocycles. The number of carbonyl (C=O) groups is 1. The number of hydrogen-bond acceptors (Lipinski definition) is 4. The number of nitrogens with zero attached hydrogens (tertiary/aromatic N) is 3. The first kappa shape index (κ1) is 17.6. The van der Waals surface area contributed by atoms with E-state index >= 15 is 0 Å². The van der Waals surface area contributed by atoms with Gasteiger partial charge in [-0.05, 0) is 18.2 Å². The molecule has 0 N–H and O–H groups in total. The van der Waals surface area contributed by atoms with Crippen LogP contribution in [-0.4, -0.2) is 46.9 Å². The summed E-state index contributed by atoms with van der Waals surface area (Å²) in [6.45, 7) is 9.58. The summed E-state index contributed by atoms with van der Waals surface area (Å²) in [5.74, 6) is 0.315. The second-order valence-electron chi connectivity index (χ2n) is 7.47. The lowest BCUT2D eigenvalue weighted by atomic mass is 9.94. The Labute approximate surface area is 147 Å². The van der Waals surface area contributed by atoms with Crippen LogP contribution in [0.2, 0.25) is 0 Å².